The molecule has 7 heteroatoms. The number of aromatic nitrogens is 2. The molecule has 0 unspecified atom stereocenters. The van der Waals surface area contributed by atoms with Gasteiger partial charge in [0.25, 0.3) is 5.91 Å². The zero-order chi connectivity index (χ0) is 15.5. The number of halogens is 2. The summed E-state index contributed by atoms with van der Waals surface area (Å²) in [6.45, 7) is 1.71. The molecule has 1 fully saturated rings. The molecule has 1 saturated heterocycles. The maximum absolute atomic E-state index is 14.3. The molecule has 1 aromatic carbocycles. The Balaban J connectivity index is 0.00000192. The maximum Gasteiger partial charge on any atom is 0.254 e. The van der Waals surface area contributed by atoms with Crippen LogP contribution in [0.15, 0.2) is 30.5 Å². The van der Waals surface area contributed by atoms with E-state index in [0.717, 1.165) is 31.6 Å². The Morgan fingerprint density at radius 1 is 1.43 bits per heavy atom. The number of aryl methyl sites for hydroxylation is 1. The molecule has 1 aliphatic rings. The predicted octanol–water partition coefficient (Wildman–Crippen LogP) is 2.13. The van der Waals surface area contributed by atoms with Gasteiger partial charge in [-0.05, 0) is 37.6 Å². The van der Waals surface area contributed by atoms with Crippen molar-refractivity contribution in [3.05, 3.63) is 41.8 Å². The molecule has 0 aliphatic carbocycles. The number of carbonyl (C=O) groups is 1. The summed E-state index contributed by atoms with van der Waals surface area (Å²) in [6.07, 6.45) is 3.60. The molecule has 0 saturated carbocycles. The molecule has 0 spiro atoms. The SMILES string of the molecule is Cl.Cn1nccc1-c1ccc(C(=O)N[C@H]2CCCNC2)c(F)c1. The number of piperidine rings is 1. The van der Waals surface area contributed by atoms with E-state index in [9.17, 15) is 9.18 Å². The van der Waals surface area contributed by atoms with Gasteiger partial charge in [-0.2, -0.15) is 5.10 Å². The molecule has 1 aromatic heterocycles. The fourth-order valence-corrected chi connectivity index (χ4v) is 2.75. The van der Waals surface area contributed by atoms with Gasteiger partial charge in [-0.15, -0.1) is 12.4 Å². The molecule has 5 nitrogen and oxygen atoms in total. The van der Waals surface area contributed by atoms with Crippen molar-refractivity contribution in [1.29, 1.82) is 0 Å². The molecule has 23 heavy (non-hydrogen) atoms. The summed E-state index contributed by atoms with van der Waals surface area (Å²) >= 11 is 0. The fourth-order valence-electron chi connectivity index (χ4n) is 2.75. The van der Waals surface area contributed by atoms with Crippen LogP contribution in [0.4, 0.5) is 4.39 Å². The molecule has 2 aromatic rings. The number of nitrogens with zero attached hydrogens (tertiary/aromatic N) is 2. The van der Waals surface area contributed by atoms with E-state index >= 15 is 0 Å². The van der Waals surface area contributed by atoms with Gasteiger partial charge >= 0.3 is 0 Å². The molecule has 124 valence electrons. The third kappa shape index (κ3) is 3.89. The number of nitrogens with one attached hydrogen (secondary N) is 2. The van der Waals surface area contributed by atoms with E-state index in [1.807, 2.05) is 6.07 Å². The Kier molecular flexibility index (Phi) is 5.74. The Hall–Kier alpha value is -1.92. The number of amides is 1. The van der Waals surface area contributed by atoms with Crippen LogP contribution in [0.2, 0.25) is 0 Å². The highest BCUT2D eigenvalue weighted by molar-refractivity contribution is 5.95. The van der Waals surface area contributed by atoms with Crippen molar-refractivity contribution in [2.24, 2.45) is 7.05 Å². The lowest BCUT2D eigenvalue weighted by Gasteiger charge is -2.23. The number of rotatable bonds is 3. The van der Waals surface area contributed by atoms with Gasteiger partial charge in [-0.1, -0.05) is 6.07 Å². The van der Waals surface area contributed by atoms with Crippen molar-refractivity contribution < 1.29 is 9.18 Å². The Morgan fingerprint density at radius 3 is 2.87 bits per heavy atom. The minimum atomic E-state index is -0.514. The average Bonchev–Trinajstić information content (AvgIpc) is 2.94. The van der Waals surface area contributed by atoms with E-state index in [1.165, 1.54) is 12.1 Å². The molecule has 2 heterocycles. The highest BCUT2D eigenvalue weighted by Crippen LogP contribution is 2.21. The summed E-state index contributed by atoms with van der Waals surface area (Å²) in [5.74, 6) is -0.872. The topological polar surface area (TPSA) is 59.0 Å². The van der Waals surface area contributed by atoms with E-state index in [4.69, 9.17) is 0 Å². The third-order valence-electron chi connectivity index (χ3n) is 3.96. The smallest absolute Gasteiger partial charge is 0.254 e. The van der Waals surface area contributed by atoms with E-state index < -0.39 is 5.82 Å². The molecule has 1 aliphatic heterocycles. The van der Waals surface area contributed by atoms with Gasteiger partial charge in [0.15, 0.2) is 0 Å². The van der Waals surface area contributed by atoms with Crippen LogP contribution in [0, 0.1) is 5.82 Å². The summed E-state index contributed by atoms with van der Waals surface area (Å²) in [7, 11) is 1.80. The second kappa shape index (κ2) is 7.57. The molecular weight excluding hydrogens is 319 g/mol. The van der Waals surface area contributed by atoms with Crippen LogP contribution in [0.3, 0.4) is 0 Å². The molecule has 3 rings (SSSR count). The zero-order valence-electron chi connectivity index (χ0n) is 12.9. The first-order chi connectivity index (χ1) is 10.6. The summed E-state index contributed by atoms with van der Waals surface area (Å²) < 4.78 is 15.9. The first-order valence-electron chi connectivity index (χ1n) is 7.44. The van der Waals surface area contributed by atoms with Crippen LogP contribution in [-0.4, -0.2) is 34.8 Å². The monoisotopic (exact) mass is 338 g/mol. The maximum atomic E-state index is 14.3. The predicted molar refractivity (Wildman–Crippen MR) is 89.2 cm³/mol. The van der Waals surface area contributed by atoms with E-state index in [2.05, 4.69) is 15.7 Å². The highest BCUT2D eigenvalue weighted by atomic mass is 35.5. The lowest BCUT2D eigenvalue weighted by Crippen LogP contribution is -2.45. The van der Waals surface area contributed by atoms with Crippen LogP contribution in [0.5, 0.6) is 0 Å². The average molecular weight is 339 g/mol. The number of benzene rings is 1. The summed E-state index contributed by atoms with van der Waals surface area (Å²) in [4.78, 5) is 12.2. The second-order valence-corrected chi connectivity index (χ2v) is 5.55. The van der Waals surface area contributed by atoms with E-state index in [-0.39, 0.29) is 29.9 Å². The normalized spacial score (nSPS) is 17.4. The van der Waals surface area contributed by atoms with E-state index in [1.54, 1.807) is 24.0 Å². The van der Waals surface area contributed by atoms with Crippen molar-refractivity contribution in [3.63, 3.8) is 0 Å². The highest BCUT2D eigenvalue weighted by Gasteiger charge is 2.19. The summed E-state index contributed by atoms with van der Waals surface area (Å²) in [6, 6.07) is 6.53. The Morgan fingerprint density at radius 2 is 2.26 bits per heavy atom. The van der Waals surface area contributed by atoms with Crippen LogP contribution in [-0.2, 0) is 7.05 Å². The van der Waals surface area contributed by atoms with Crippen molar-refractivity contribution in [1.82, 2.24) is 20.4 Å². The van der Waals surface area contributed by atoms with Gasteiger partial charge in [-0.25, -0.2) is 4.39 Å². The Labute approximate surface area is 140 Å². The lowest BCUT2D eigenvalue weighted by molar-refractivity contribution is 0.0926. The first-order valence-corrected chi connectivity index (χ1v) is 7.44. The molecule has 1 amide bonds. The summed E-state index contributed by atoms with van der Waals surface area (Å²) in [5, 5.41) is 10.2. The van der Waals surface area contributed by atoms with Gasteiger partial charge in [0.05, 0.1) is 11.3 Å². The Bertz CT molecular complexity index is 682. The zero-order valence-corrected chi connectivity index (χ0v) is 13.7. The van der Waals surface area contributed by atoms with Crippen LogP contribution >= 0.6 is 12.4 Å². The van der Waals surface area contributed by atoms with Gasteiger partial charge in [0, 0.05) is 31.4 Å². The second-order valence-electron chi connectivity index (χ2n) is 5.55. The minimum absolute atomic E-state index is 0. The molecule has 0 radical (unpaired) electrons. The van der Waals surface area contributed by atoms with Crippen molar-refractivity contribution >= 4 is 18.3 Å². The van der Waals surface area contributed by atoms with Gasteiger partial charge < -0.3 is 10.6 Å². The standard InChI is InChI=1S/C16H19FN4O.ClH/c1-21-15(6-8-19-21)11-4-5-13(14(17)9-11)16(22)20-12-3-2-7-18-10-12;/h4-6,8-9,12,18H,2-3,7,10H2,1H3,(H,20,22);1H/t12-;/m0./s1. The molecular formula is C16H20ClFN4O. The minimum Gasteiger partial charge on any atom is -0.348 e. The lowest BCUT2D eigenvalue weighted by atomic mass is 10.1. The van der Waals surface area contributed by atoms with Crippen molar-refractivity contribution in [3.8, 4) is 11.3 Å². The van der Waals surface area contributed by atoms with Gasteiger partial charge in [-0.3, -0.25) is 9.48 Å². The largest absolute Gasteiger partial charge is 0.348 e. The first kappa shape index (κ1) is 17.4. The molecule has 2 N–H and O–H groups in total. The summed E-state index contributed by atoms with van der Waals surface area (Å²) in [5.41, 5.74) is 1.59. The van der Waals surface area contributed by atoms with E-state index in [0.29, 0.717) is 5.56 Å². The third-order valence-corrected chi connectivity index (χ3v) is 3.96. The van der Waals surface area contributed by atoms with Crippen LogP contribution < -0.4 is 10.6 Å². The van der Waals surface area contributed by atoms with Gasteiger partial charge in [0.1, 0.15) is 5.82 Å². The van der Waals surface area contributed by atoms with Crippen molar-refractivity contribution in [2.45, 2.75) is 18.9 Å². The number of hydrogen-bond acceptors (Lipinski definition) is 3. The quantitative estimate of drug-likeness (QED) is 0.901. The fraction of sp³-hybridized carbons (Fsp3) is 0.375. The molecule has 1 atom stereocenters. The van der Waals surface area contributed by atoms with Gasteiger partial charge in [0.2, 0.25) is 0 Å². The van der Waals surface area contributed by atoms with Crippen LogP contribution in [0.25, 0.3) is 11.3 Å². The van der Waals surface area contributed by atoms with Crippen molar-refractivity contribution in [2.75, 3.05) is 13.1 Å². The number of hydrogen-bond donors (Lipinski definition) is 2. The molecule has 0 bridgehead atoms. The van der Waals surface area contributed by atoms with Crippen LogP contribution in [0.1, 0.15) is 23.2 Å². The number of carbonyl (C=O) groups excluding carboxylic acids is 1.